The van der Waals surface area contributed by atoms with Gasteiger partial charge in [0, 0.05) is 41.8 Å². The second kappa shape index (κ2) is 8.69. The third kappa shape index (κ3) is 4.64. The smallest absolute Gasteiger partial charge is 0.227 e. The molecule has 2 aromatic heterocycles. The van der Waals surface area contributed by atoms with Crippen LogP contribution in [0.3, 0.4) is 0 Å². The van der Waals surface area contributed by atoms with E-state index in [0.717, 1.165) is 40.9 Å². The molecule has 2 N–H and O–H groups in total. The van der Waals surface area contributed by atoms with Crippen molar-refractivity contribution in [2.45, 2.75) is 59.4 Å². The minimum absolute atomic E-state index is 0.0200. The van der Waals surface area contributed by atoms with Crippen molar-refractivity contribution in [2.24, 2.45) is 5.92 Å². The van der Waals surface area contributed by atoms with Crippen LogP contribution in [-0.4, -0.2) is 20.9 Å². The van der Waals surface area contributed by atoms with E-state index in [1.54, 1.807) is 6.20 Å². The van der Waals surface area contributed by atoms with Crippen LogP contribution in [0.1, 0.15) is 56.5 Å². The predicted octanol–water partition coefficient (Wildman–Crippen LogP) is 5.09. The quantitative estimate of drug-likeness (QED) is 0.571. The van der Waals surface area contributed by atoms with Crippen molar-refractivity contribution in [1.29, 1.82) is 0 Å². The summed E-state index contributed by atoms with van der Waals surface area (Å²) in [5.41, 5.74) is 7.60. The number of carbonyl (C=O) groups excluding carboxylic acids is 1. The fourth-order valence-electron chi connectivity index (χ4n) is 4.05. The van der Waals surface area contributed by atoms with E-state index in [1.807, 2.05) is 45.2 Å². The molecule has 3 aromatic rings. The summed E-state index contributed by atoms with van der Waals surface area (Å²) in [4.78, 5) is 25.6. The standard InChI is InChI=1S/C26H31N5O/c1-16(2)24(32)29-14-18-6-7-21(17(3)12-18)30-25-27-11-9-22(31-25)19-13-20-23(28-15-19)8-10-26(20,4)5/h6-7,9,11-13,15-16H,8,10,14H2,1-5H3,(H,29,32)(H,27,30,31). The molecule has 0 bridgehead atoms. The molecule has 32 heavy (non-hydrogen) atoms. The van der Waals surface area contributed by atoms with Gasteiger partial charge < -0.3 is 10.6 Å². The normalized spacial score (nSPS) is 14.3. The molecule has 0 atom stereocenters. The molecule has 0 saturated carbocycles. The molecule has 6 nitrogen and oxygen atoms in total. The Morgan fingerprint density at radius 2 is 1.97 bits per heavy atom. The summed E-state index contributed by atoms with van der Waals surface area (Å²) in [5, 5.41) is 6.29. The highest BCUT2D eigenvalue weighted by Crippen LogP contribution is 2.38. The van der Waals surface area contributed by atoms with E-state index in [0.29, 0.717) is 12.5 Å². The molecule has 0 fully saturated rings. The van der Waals surface area contributed by atoms with E-state index in [-0.39, 0.29) is 17.2 Å². The van der Waals surface area contributed by atoms with Crippen LogP contribution in [0.2, 0.25) is 0 Å². The Kier molecular flexibility index (Phi) is 5.96. The van der Waals surface area contributed by atoms with Gasteiger partial charge in [0.2, 0.25) is 11.9 Å². The molecule has 1 amide bonds. The Morgan fingerprint density at radius 1 is 1.16 bits per heavy atom. The Hall–Kier alpha value is -3.28. The molecule has 0 aliphatic heterocycles. The second-order valence-corrected chi connectivity index (χ2v) is 9.51. The van der Waals surface area contributed by atoms with E-state index in [2.05, 4.69) is 41.6 Å². The molecule has 166 valence electrons. The zero-order valence-corrected chi connectivity index (χ0v) is 19.5. The number of amides is 1. The maximum atomic E-state index is 11.8. The van der Waals surface area contributed by atoms with Gasteiger partial charge in [-0.25, -0.2) is 9.97 Å². The lowest BCUT2D eigenvalue weighted by atomic mass is 9.86. The van der Waals surface area contributed by atoms with Crippen molar-refractivity contribution in [3.63, 3.8) is 0 Å². The van der Waals surface area contributed by atoms with E-state index in [9.17, 15) is 4.79 Å². The molecular weight excluding hydrogens is 398 g/mol. The number of aryl methyl sites for hydroxylation is 2. The molecule has 0 unspecified atom stereocenters. The predicted molar refractivity (Wildman–Crippen MR) is 128 cm³/mol. The average Bonchev–Trinajstić information content (AvgIpc) is 3.08. The van der Waals surface area contributed by atoms with Crippen molar-refractivity contribution in [2.75, 3.05) is 5.32 Å². The van der Waals surface area contributed by atoms with Crippen molar-refractivity contribution in [1.82, 2.24) is 20.3 Å². The number of nitrogens with one attached hydrogen (secondary N) is 2. The number of rotatable bonds is 6. The first-order chi connectivity index (χ1) is 15.2. The molecule has 2 heterocycles. The van der Waals surface area contributed by atoms with Crippen molar-refractivity contribution >= 4 is 17.5 Å². The topological polar surface area (TPSA) is 79.8 Å². The largest absolute Gasteiger partial charge is 0.352 e. The number of hydrogen-bond acceptors (Lipinski definition) is 5. The third-order valence-electron chi connectivity index (χ3n) is 6.17. The van der Waals surface area contributed by atoms with Crippen molar-refractivity contribution < 1.29 is 4.79 Å². The highest BCUT2D eigenvalue weighted by molar-refractivity contribution is 5.77. The summed E-state index contributed by atoms with van der Waals surface area (Å²) in [7, 11) is 0. The summed E-state index contributed by atoms with van der Waals surface area (Å²) in [6.45, 7) is 10.9. The molecule has 0 saturated heterocycles. The number of hydrogen-bond donors (Lipinski definition) is 2. The second-order valence-electron chi connectivity index (χ2n) is 9.51. The number of carbonyl (C=O) groups is 1. The van der Waals surface area contributed by atoms with E-state index < -0.39 is 0 Å². The van der Waals surface area contributed by atoms with Gasteiger partial charge in [0.1, 0.15) is 0 Å². The Balaban J connectivity index is 1.51. The highest BCUT2D eigenvalue weighted by atomic mass is 16.1. The van der Waals surface area contributed by atoms with Crippen LogP contribution in [0.4, 0.5) is 11.6 Å². The van der Waals surface area contributed by atoms with Crippen LogP contribution >= 0.6 is 0 Å². The van der Waals surface area contributed by atoms with Crippen LogP contribution in [0.5, 0.6) is 0 Å². The molecule has 4 rings (SSSR count). The molecule has 0 radical (unpaired) electrons. The monoisotopic (exact) mass is 429 g/mol. The lowest BCUT2D eigenvalue weighted by Gasteiger charge is -2.19. The van der Waals surface area contributed by atoms with Crippen LogP contribution < -0.4 is 10.6 Å². The van der Waals surface area contributed by atoms with Gasteiger partial charge in [-0.2, -0.15) is 0 Å². The number of nitrogens with zero attached hydrogens (tertiary/aromatic N) is 3. The van der Waals surface area contributed by atoms with E-state index >= 15 is 0 Å². The van der Waals surface area contributed by atoms with Crippen LogP contribution in [0.15, 0.2) is 42.7 Å². The lowest BCUT2D eigenvalue weighted by molar-refractivity contribution is -0.124. The van der Waals surface area contributed by atoms with Gasteiger partial charge in [-0.15, -0.1) is 0 Å². The van der Waals surface area contributed by atoms with Gasteiger partial charge >= 0.3 is 0 Å². The first-order valence-corrected chi connectivity index (χ1v) is 11.2. The minimum atomic E-state index is -0.0200. The van der Waals surface area contributed by atoms with Crippen LogP contribution in [0.25, 0.3) is 11.3 Å². The SMILES string of the molecule is Cc1cc(CNC(=O)C(C)C)ccc1Nc1nccc(-c2cnc3c(c2)C(C)(C)CC3)n1. The molecule has 1 aromatic carbocycles. The first-order valence-electron chi connectivity index (χ1n) is 11.2. The third-order valence-corrected chi connectivity index (χ3v) is 6.17. The van der Waals surface area contributed by atoms with Crippen LogP contribution in [0, 0.1) is 12.8 Å². The highest BCUT2D eigenvalue weighted by Gasteiger charge is 2.31. The number of benzene rings is 1. The molecular formula is C26H31N5O. The Labute approximate surface area is 189 Å². The van der Waals surface area contributed by atoms with Gasteiger partial charge in [0.25, 0.3) is 0 Å². The van der Waals surface area contributed by atoms with Gasteiger partial charge in [-0.05, 0) is 60.1 Å². The zero-order valence-electron chi connectivity index (χ0n) is 19.5. The zero-order chi connectivity index (χ0) is 22.9. The van der Waals surface area contributed by atoms with E-state index in [1.165, 1.54) is 11.3 Å². The number of aromatic nitrogens is 3. The van der Waals surface area contributed by atoms with Crippen LogP contribution in [-0.2, 0) is 23.2 Å². The van der Waals surface area contributed by atoms with Crippen molar-refractivity contribution in [3.8, 4) is 11.3 Å². The summed E-state index contributed by atoms with van der Waals surface area (Å²) in [6.07, 6.45) is 5.85. The van der Waals surface area contributed by atoms with Gasteiger partial charge in [0.05, 0.1) is 5.69 Å². The minimum Gasteiger partial charge on any atom is -0.352 e. The molecule has 0 spiro atoms. The summed E-state index contributed by atoms with van der Waals surface area (Å²) in [6, 6.07) is 10.2. The number of fused-ring (bicyclic) bond motifs is 1. The summed E-state index contributed by atoms with van der Waals surface area (Å²) >= 11 is 0. The van der Waals surface area contributed by atoms with Gasteiger partial charge in [-0.3, -0.25) is 9.78 Å². The summed E-state index contributed by atoms with van der Waals surface area (Å²) in [5.74, 6) is 0.583. The first kappa shape index (κ1) is 21.9. The number of pyridine rings is 1. The molecule has 1 aliphatic rings. The maximum absolute atomic E-state index is 11.8. The van der Waals surface area contributed by atoms with Gasteiger partial charge in [-0.1, -0.05) is 39.8 Å². The fraction of sp³-hybridized carbons (Fsp3) is 0.385. The Morgan fingerprint density at radius 3 is 2.72 bits per heavy atom. The lowest BCUT2D eigenvalue weighted by Crippen LogP contribution is -2.27. The summed E-state index contributed by atoms with van der Waals surface area (Å²) < 4.78 is 0. The maximum Gasteiger partial charge on any atom is 0.227 e. The fourth-order valence-corrected chi connectivity index (χ4v) is 4.05. The molecule has 6 heteroatoms. The Bertz CT molecular complexity index is 1150. The average molecular weight is 430 g/mol. The number of anilines is 2. The van der Waals surface area contributed by atoms with Crippen molar-refractivity contribution in [3.05, 3.63) is 65.1 Å². The van der Waals surface area contributed by atoms with Gasteiger partial charge in [0.15, 0.2) is 0 Å². The molecule has 1 aliphatic carbocycles. The van der Waals surface area contributed by atoms with E-state index in [4.69, 9.17) is 9.97 Å².